The number of hydrogen-bond acceptors (Lipinski definition) is 8. The van der Waals surface area contributed by atoms with Crippen molar-refractivity contribution in [1.82, 2.24) is 15.0 Å². The molecule has 0 N–H and O–H groups in total. The van der Waals surface area contributed by atoms with Gasteiger partial charge in [-0.2, -0.15) is 13.2 Å². The summed E-state index contributed by atoms with van der Waals surface area (Å²) in [5.41, 5.74) is 1.32. The van der Waals surface area contributed by atoms with E-state index in [0.717, 1.165) is 29.5 Å². The number of carbonyl (C=O) groups excluding carboxylic acids is 1. The molecular weight excluding hydrogens is 579 g/mol. The van der Waals surface area contributed by atoms with Crippen molar-refractivity contribution in [3.63, 3.8) is 0 Å². The summed E-state index contributed by atoms with van der Waals surface area (Å²) in [5, 5.41) is 0. The molecule has 2 aliphatic rings. The van der Waals surface area contributed by atoms with Crippen LogP contribution in [-0.2, 0) is 28.7 Å². The Morgan fingerprint density at radius 2 is 1.77 bits per heavy atom. The minimum atomic E-state index is -4.72. The predicted octanol–water partition coefficient (Wildman–Crippen LogP) is 6.14. The van der Waals surface area contributed by atoms with E-state index in [9.17, 15) is 22.5 Å². The Balaban J connectivity index is 1.52. The molecule has 0 saturated carbocycles. The number of piperidine rings is 1. The van der Waals surface area contributed by atoms with Crippen LogP contribution in [-0.4, -0.2) is 55.6 Å². The number of aryl methyl sites for hydroxylation is 1. The lowest BCUT2D eigenvalue weighted by molar-refractivity contribution is -0.140. The van der Waals surface area contributed by atoms with Gasteiger partial charge in [0, 0.05) is 35.8 Å². The second kappa shape index (κ2) is 11.5. The van der Waals surface area contributed by atoms with Crippen molar-refractivity contribution in [2.45, 2.75) is 64.8 Å². The summed E-state index contributed by atoms with van der Waals surface area (Å²) in [4.78, 5) is 27.6. The first-order valence-corrected chi connectivity index (χ1v) is 15.3. The van der Waals surface area contributed by atoms with Crippen LogP contribution in [0.1, 0.15) is 73.5 Å². The molecular formula is C31H34F3N5O3S. The topological polar surface area (TPSA) is 104 Å². The first-order chi connectivity index (χ1) is 20.2. The average molecular weight is 614 g/mol. The number of pyridine rings is 1. The molecule has 2 aromatic heterocycles. The number of fused-ring (bicyclic) bond motifs is 1. The molecule has 1 unspecified atom stereocenters. The Bertz CT molecular complexity index is 1560. The Hall–Kier alpha value is -3.51. The molecule has 5 rings (SSSR count). The summed E-state index contributed by atoms with van der Waals surface area (Å²) in [6.45, 7) is 9.94. The molecule has 1 saturated heterocycles. The van der Waals surface area contributed by atoms with Crippen LogP contribution >= 0.6 is 0 Å². The molecule has 1 spiro atoms. The van der Waals surface area contributed by atoms with Crippen molar-refractivity contribution in [2.75, 3.05) is 24.6 Å². The van der Waals surface area contributed by atoms with Crippen molar-refractivity contribution < 1.29 is 27.3 Å². The SMILES string of the molecule is CCOC(=O)c1nc(-c2cccnc2C(F)(F)F)c(C)nc1N1CCC2(CC1)Cc1ccccc1C2=N[S+]([O-])C(C)(C)C. The van der Waals surface area contributed by atoms with E-state index in [2.05, 4.69) is 21.0 Å². The normalized spacial score (nSPS) is 18.2. The van der Waals surface area contributed by atoms with E-state index in [-0.39, 0.29) is 40.5 Å². The average Bonchev–Trinajstić information content (AvgIpc) is 3.24. The van der Waals surface area contributed by atoms with Crippen molar-refractivity contribution in [3.05, 3.63) is 70.8 Å². The van der Waals surface area contributed by atoms with Gasteiger partial charge in [0.1, 0.15) is 21.8 Å². The molecule has 3 aromatic rings. The fourth-order valence-electron chi connectivity index (χ4n) is 5.71. The number of alkyl halides is 3. The van der Waals surface area contributed by atoms with Crippen molar-refractivity contribution in [3.8, 4) is 11.3 Å². The number of halogens is 3. The van der Waals surface area contributed by atoms with Gasteiger partial charge in [-0.15, -0.1) is 0 Å². The number of rotatable bonds is 5. The van der Waals surface area contributed by atoms with Crippen molar-refractivity contribution in [1.29, 1.82) is 0 Å². The lowest BCUT2D eigenvalue weighted by Gasteiger charge is -2.40. The molecule has 1 fully saturated rings. The first kappa shape index (κ1) is 30.9. The van der Waals surface area contributed by atoms with Gasteiger partial charge in [-0.1, -0.05) is 28.7 Å². The predicted molar refractivity (Wildman–Crippen MR) is 159 cm³/mol. The zero-order valence-electron chi connectivity index (χ0n) is 24.8. The third-order valence-corrected chi connectivity index (χ3v) is 9.27. The van der Waals surface area contributed by atoms with E-state index in [1.165, 1.54) is 12.1 Å². The maximum atomic E-state index is 13.8. The maximum Gasteiger partial charge on any atom is 0.434 e. The standard InChI is InChI=1S/C31H34F3N5O3S/c1-6-42-28(40)24-27(36-19(2)23(37-24)22-12-9-15-35-26(22)31(32,33)34)39-16-13-30(14-17-39)18-20-10-7-8-11-21(20)25(30)38-43(41)29(3,4)5/h7-12,15H,6,13-14,16-18H2,1-5H3. The zero-order valence-corrected chi connectivity index (χ0v) is 25.6. The summed E-state index contributed by atoms with van der Waals surface area (Å²) in [5.74, 6) is -0.501. The largest absolute Gasteiger partial charge is 0.591 e. The van der Waals surface area contributed by atoms with Crippen LogP contribution in [0.25, 0.3) is 11.3 Å². The third kappa shape index (κ3) is 5.99. The molecule has 43 heavy (non-hydrogen) atoms. The summed E-state index contributed by atoms with van der Waals surface area (Å²) >= 11 is -1.45. The highest BCUT2D eigenvalue weighted by atomic mass is 32.2. The lowest BCUT2D eigenvalue weighted by atomic mass is 9.74. The van der Waals surface area contributed by atoms with E-state index < -0.39 is 33.9 Å². The van der Waals surface area contributed by atoms with Crippen LogP contribution in [0.4, 0.5) is 19.0 Å². The number of ether oxygens (including phenoxy) is 1. The molecule has 1 atom stereocenters. The Kier molecular flexibility index (Phi) is 8.30. The van der Waals surface area contributed by atoms with Crippen LogP contribution in [0.15, 0.2) is 47.0 Å². The van der Waals surface area contributed by atoms with Crippen LogP contribution in [0.2, 0.25) is 0 Å². The maximum absolute atomic E-state index is 13.8. The second-order valence-corrected chi connectivity index (χ2v) is 13.8. The molecule has 12 heteroatoms. The van der Waals surface area contributed by atoms with Gasteiger partial charge in [0.25, 0.3) is 0 Å². The summed E-state index contributed by atoms with van der Waals surface area (Å²) < 4.78 is 64.1. The van der Waals surface area contributed by atoms with Crippen LogP contribution in [0.3, 0.4) is 0 Å². The Labute approximate surface area is 252 Å². The number of nitrogens with zero attached hydrogens (tertiary/aromatic N) is 5. The Morgan fingerprint density at radius 3 is 2.42 bits per heavy atom. The molecule has 3 heterocycles. The van der Waals surface area contributed by atoms with E-state index >= 15 is 0 Å². The highest BCUT2D eigenvalue weighted by molar-refractivity contribution is 7.91. The first-order valence-electron chi connectivity index (χ1n) is 14.2. The summed E-state index contributed by atoms with van der Waals surface area (Å²) in [6, 6.07) is 10.7. The van der Waals surface area contributed by atoms with Crippen molar-refractivity contribution in [2.24, 2.45) is 9.81 Å². The molecule has 1 aromatic carbocycles. The fraction of sp³-hybridized carbons (Fsp3) is 0.452. The number of benzene rings is 1. The molecule has 8 nitrogen and oxygen atoms in total. The van der Waals surface area contributed by atoms with E-state index in [1.54, 1.807) is 13.8 Å². The molecule has 1 aliphatic heterocycles. The molecule has 1 aliphatic carbocycles. The van der Waals surface area contributed by atoms with Gasteiger partial charge in [-0.3, -0.25) is 4.98 Å². The van der Waals surface area contributed by atoms with Gasteiger partial charge < -0.3 is 14.2 Å². The minimum Gasteiger partial charge on any atom is -0.591 e. The van der Waals surface area contributed by atoms with E-state index in [4.69, 9.17) is 9.13 Å². The fourth-order valence-corrected chi connectivity index (χ4v) is 6.44. The number of carbonyl (C=O) groups is 1. The molecule has 228 valence electrons. The smallest absolute Gasteiger partial charge is 0.434 e. The quantitative estimate of drug-likeness (QED) is 0.252. The van der Waals surface area contributed by atoms with E-state index in [0.29, 0.717) is 25.9 Å². The van der Waals surface area contributed by atoms with Gasteiger partial charge in [0.15, 0.2) is 17.2 Å². The van der Waals surface area contributed by atoms with Gasteiger partial charge in [-0.25, -0.2) is 14.8 Å². The molecule has 0 radical (unpaired) electrons. The second-order valence-electron chi connectivity index (χ2n) is 11.9. The van der Waals surface area contributed by atoms with Crippen LogP contribution < -0.4 is 4.90 Å². The van der Waals surface area contributed by atoms with Crippen LogP contribution in [0.5, 0.6) is 0 Å². The van der Waals surface area contributed by atoms with Gasteiger partial charge in [0.2, 0.25) is 0 Å². The third-order valence-electron chi connectivity index (χ3n) is 7.87. The molecule has 0 bridgehead atoms. The zero-order chi connectivity index (χ0) is 31.2. The number of hydrogen-bond donors (Lipinski definition) is 0. The highest BCUT2D eigenvalue weighted by Crippen LogP contribution is 2.47. The number of anilines is 1. The lowest BCUT2D eigenvalue weighted by Crippen LogP contribution is -2.45. The monoisotopic (exact) mass is 613 g/mol. The summed E-state index contributed by atoms with van der Waals surface area (Å²) in [7, 11) is 0. The molecule has 0 amide bonds. The van der Waals surface area contributed by atoms with Gasteiger partial charge in [-0.05, 0) is 71.6 Å². The summed E-state index contributed by atoms with van der Waals surface area (Å²) in [6.07, 6.45) is -1.60. The Morgan fingerprint density at radius 1 is 1.09 bits per heavy atom. The van der Waals surface area contributed by atoms with Gasteiger partial charge in [0.05, 0.1) is 18.0 Å². The number of aromatic nitrogens is 3. The van der Waals surface area contributed by atoms with Gasteiger partial charge >= 0.3 is 12.1 Å². The number of esters is 1. The van der Waals surface area contributed by atoms with Crippen LogP contribution in [0, 0.1) is 12.3 Å². The van der Waals surface area contributed by atoms with Crippen molar-refractivity contribution >= 4 is 28.9 Å². The minimum absolute atomic E-state index is 0.0654. The van der Waals surface area contributed by atoms with E-state index in [1.807, 2.05) is 43.9 Å². The highest BCUT2D eigenvalue weighted by Gasteiger charge is 2.48.